The number of nitrogens with one attached hydrogen (secondary N) is 1. The summed E-state index contributed by atoms with van der Waals surface area (Å²) < 4.78 is 0. The van der Waals surface area contributed by atoms with E-state index < -0.39 is 0 Å². The number of benzene rings is 1. The first-order valence-corrected chi connectivity index (χ1v) is 9.67. The Labute approximate surface area is 162 Å². The number of amides is 1. The molecule has 1 saturated heterocycles. The number of para-hydroxylation sites is 1. The van der Waals surface area contributed by atoms with Crippen LogP contribution in [0.15, 0.2) is 54.9 Å². The highest BCUT2D eigenvalue weighted by molar-refractivity contribution is 5.81. The Morgan fingerprint density at radius 2 is 1.78 bits per heavy atom. The maximum absolute atomic E-state index is 12.4. The highest BCUT2D eigenvalue weighted by Gasteiger charge is 2.28. The van der Waals surface area contributed by atoms with E-state index in [1.807, 2.05) is 33.0 Å². The number of pyridine rings is 1. The summed E-state index contributed by atoms with van der Waals surface area (Å²) >= 11 is 0. The van der Waals surface area contributed by atoms with Gasteiger partial charge in [0.15, 0.2) is 0 Å². The molecule has 27 heavy (non-hydrogen) atoms. The van der Waals surface area contributed by atoms with Gasteiger partial charge in [-0.3, -0.25) is 14.7 Å². The van der Waals surface area contributed by atoms with E-state index in [1.165, 1.54) is 5.69 Å². The number of nitrogens with zero attached hydrogens (tertiary/aromatic N) is 3. The Morgan fingerprint density at radius 1 is 1.07 bits per heavy atom. The molecule has 0 spiro atoms. The van der Waals surface area contributed by atoms with Crippen molar-refractivity contribution < 1.29 is 4.79 Å². The van der Waals surface area contributed by atoms with Crippen LogP contribution in [0.5, 0.6) is 0 Å². The molecular formula is C22H30N4O. The van der Waals surface area contributed by atoms with E-state index in [9.17, 15) is 4.79 Å². The van der Waals surface area contributed by atoms with E-state index in [0.717, 1.165) is 31.7 Å². The number of hydrogen-bond acceptors (Lipinski definition) is 4. The van der Waals surface area contributed by atoms with Gasteiger partial charge in [0, 0.05) is 56.2 Å². The highest BCUT2D eigenvalue weighted by atomic mass is 16.2. The van der Waals surface area contributed by atoms with Gasteiger partial charge < -0.3 is 10.2 Å². The van der Waals surface area contributed by atoms with Gasteiger partial charge in [-0.2, -0.15) is 0 Å². The second kappa shape index (κ2) is 8.53. The molecule has 1 atom stereocenters. The monoisotopic (exact) mass is 366 g/mol. The summed E-state index contributed by atoms with van der Waals surface area (Å²) in [4.78, 5) is 21.5. The van der Waals surface area contributed by atoms with Crippen molar-refractivity contribution in [2.45, 2.75) is 26.8 Å². The molecule has 1 amide bonds. The van der Waals surface area contributed by atoms with E-state index in [-0.39, 0.29) is 17.4 Å². The van der Waals surface area contributed by atoms with Gasteiger partial charge in [-0.05, 0) is 23.8 Å². The molecule has 1 N–H and O–H groups in total. The molecule has 1 fully saturated rings. The summed E-state index contributed by atoms with van der Waals surface area (Å²) in [6, 6.07) is 14.8. The van der Waals surface area contributed by atoms with Crippen molar-refractivity contribution in [2.24, 2.45) is 5.41 Å². The number of rotatable bonds is 5. The van der Waals surface area contributed by atoms with Gasteiger partial charge in [-0.15, -0.1) is 0 Å². The zero-order valence-corrected chi connectivity index (χ0v) is 16.6. The first-order chi connectivity index (χ1) is 12.9. The minimum absolute atomic E-state index is 0.0827. The molecule has 0 radical (unpaired) electrons. The summed E-state index contributed by atoms with van der Waals surface area (Å²) in [6.07, 6.45) is 3.71. The first-order valence-electron chi connectivity index (χ1n) is 9.67. The Bertz CT molecular complexity index is 719. The van der Waals surface area contributed by atoms with Crippen LogP contribution in [0.2, 0.25) is 0 Å². The minimum Gasteiger partial charge on any atom is -0.369 e. The number of piperazine rings is 1. The fraction of sp³-hybridized carbons (Fsp3) is 0.455. The molecule has 3 rings (SSSR count). The van der Waals surface area contributed by atoms with Crippen LogP contribution in [0.3, 0.4) is 0 Å². The standard InChI is InChI=1S/C22H30N4O/c1-22(2,3)21(27)24-17-20(18-8-7-11-23-16-18)26-14-12-25(13-15-26)19-9-5-4-6-10-19/h4-11,16,20H,12-15,17H2,1-3H3,(H,24,27)/t20-/m1/s1. The van der Waals surface area contributed by atoms with Crippen molar-refractivity contribution in [3.8, 4) is 0 Å². The van der Waals surface area contributed by atoms with E-state index in [0.29, 0.717) is 6.54 Å². The second-order valence-corrected chi connectivity index (χ2v) is 8.12. The third kappa shape index (κ3) is 5.07. The number of carbonyl (C=O) groups excluding carboxylic acids is 1. The molecule has 0 saturated carbocycles. The van der Waals surface area contributed by atoms with Crippen molar-refractivity contribution in [3.05, 3.63) is 60.4 Å². The van der Waals surface area contributed by atoms with Crippen LogP contribution >= 0.6 is 0 Å². The fourth-order valence-electron chi connectivity index (χ4n) is 3.42. The second-order valence-electron chi connectivity index (χ2n) is 8.12. The molecule has 1 aliphatic rings. The molecule has 1 aromatic heterocycles. The van der Waals surface area contributed by atoms with Crippen LogP contribution in [-0.2, 0) is 4.79 Å². The number of aromatic nitrogens is 1. The van der Waals surface area contributed by atoms with Gasteiger partial charge in [-0.25, -0.2) is 0 Å². The number of carbonyl (C=O) groups is 1. The van der Waals surface area contributed by atoms with Crippen LogP contribution in [0.1, 0.15) is 32.4 Å². The summed E-state index contributed by atoms with van der Waals surface area (Å²) in [5.41, 5.74) is 2.04. The van der Waals surface area contributed by atoms with Gasteiger partial charge in [-0.1, -0.05) is 45.0 Å². The van der Waals surface area contributed by atoms with E-state index >= 15 is 0 Å². The normalized spacial score (nSPS) is 16.8. The summed E-state index contributed by atoms with van der Waals surface area (Å²) in [7, 11) is 0. The van der Waals surface area contributed by atoms with Crippen molar-refractivity contribution in [2.75, 3.05) is 37.6 Å². The average Bonchev–Trinajstić information content (AvgIpc) is 2.69. The van der Waals surface area contributed by atoms with Crippen LogP contribution in [0, 0.1) is 5.41 Å². The van der Waals surface area contributed by atoms with Gasteiger partial charge in [0.05, 0.1) is 6.04 Å². The zero-order chi connectivity index (χ0) is 19.3. The van der Waals surface area contributed by atoms with Crippen LogP contribution in [0.25, 0.3) is 0 Å². The summed E-state index contributed by atoms with van der Waals surface area (Å²) in [5, 5.41) is 3.14. The molecule has 0 bridgehead atoms. The SMILES string of the molecule is CC(C)(C)C(=O)NC[C@H](c1cccnc1)N1CCN(c2ccccc2)CC1. The van der Waals surface area contributed by atoms with Crippen molar-refractivity contribution in [1.82, 2.24) is 15.2 Å². The topological polar surface area (TPSA) is 48.5 Å². The Morgan fingerprint density at radius 3 is 2.37 bits per heavy atom. The zero-order valence-electron chi connectivity index (χ0n) is 16.6. The third-order valence-corrected chi connectivity index (χ3v) is 5.08. The van der Waals surface area contributed by atoms with Crippen LogP contribution in [0.4, 0.5) is 5.69 Å². The predicted molar refractivity (Wildman–Crippen MR) is 110 cm³/mol. The quantitative estimate of drug-likeness (QED) is 0.883. The molecule has 0 aliphatic carbocycles. The minimum atomic E-state index is -0.383. The maximum atomic E-state index is 12.4. The molecule has 0 unspecified atom stereocenters. The van der Waals surface area contributed by atoms with Gasteiger partial charge in [0.2, 0.25) is 5.91 Å². The fourth-order valence-corrected chi connectivity index (χ4v) is 3.42. The van der Waals surface area contributed by atoms with Crippen molar-refractivity contribution in [3.63, 3.8) is 0 Å². The van der Waals surface area contributed by atoms with Crippen molar-refractivity contribution >= 4 is 11.6 Å². The first kappa shape index (κ1) is 19.4. The average molecular weight is 367 g/mol. The lowest BCUT2D eigenvalue weighted by Crippen LogP contribution is -2.50. The lowest BCUT2D eigenvalue weighted by atomic mass is 9.95. The molecule has 2 aromatic rings. The number of hydrogen-bond donors (Lipinski definition) is 1. The molecular weight excluding hydrogens is 336 g/mol. The molecule has 1 aromatic carbocycles. The molecule has 1 aliphatic heterocycles. The predicted octanol–water partition coefficient (Wildman–Crippen LogP) is 3.11. The largest absolute Gasteiger partial charge is 0.369 e. The molecule has 5 nitrogen and oxygen atoms in total. The van der Waals surface area contributed by atoms with Gasteiger partial charge >= 0.3 is 0 Å². The van der Waals surface area contributed by atoms with Gasteiger partial charge in [0.25, 0.3) is 0 Å². The molecule has 2 heterocycles. The third-order valence-electron chi connectivity index (χ3n) is 5.08. The van der Waals surface area contributed by atoms with Gasteiger partial charge in [0.1, 0.15) is 0 Å². The van der Waals surface area contributed by atoms with Crippen molar-refractivity contribution in [1.29, 1.82) is 0 Å². The Hall–Kier alpha value is -2.40. The highest BCUT2D eigenvalue weighted by Crippen LogP contribution is 2.24. The lowest BCUT2D eigenvalue weighted by Gasteiger charge is -2.40. The maximum Gasteiger partial charge on any atom is 0.225 e. The molecule has 144 valence electrons. The summed E-state index contributed by atoms with van der Waals surface area (Å²) in [5.74, 6) is 0.0827. The van der Waals surface area contributed by atoms with Crippen LogP contribution in [-0.4, -0.2) is 48.5 Å². The lowest BCUT2D eigenvalue weighted by molar-refractivity contribution is -0.128. The Balaban J connectivity index is 1.68. The Kier molecular flexibility index (Phi) is 6.11. The molecule has 5 heteroatoms. The van der Waals surface area contributed by atoms with Crippen LogP contribution < -0.4 is 10.2 Å². The number of anilines is 1. The van der Waals surface area contributed by atoms with E-state index in [2.05, 4.69) is 56.5 Å². The van der Waals surface area contributed by atoms with E-state index in [1.54, 1.807) is 6.20 Å². The summed E-state index contributed by atoms with van der Waals surface area (Å²) in [6.45, 7) is 10.3. The van der Waals surface area contributed by atoms with E-state index in [4.69, 9.17) is 0 Å². The smallest absolute Gasteiger partial charge is 0.225 e.